The summed E-state index contributed by atoms with van der Waals surface area (Å²) in [6, 6.07) is 0. The van der Waals surface area contributed by atoms with Crippen LogP contribution in [0.25, 0.3) is 0 Å². The topological polar surface area (TPSA) is 38.7 Å². The first-order chi connectivity index (χ1) is 6.76. The van der Waals surface area contributed by atoms with Crippen LogP contribution in [0.1, 0.15) is 32.1 Å². The van der Waals surface area contributed by atoms with Crippen LogP contribution in [0.5, 0.6) is 0 Å². The van der Waals surface area contributed by atoms with Crippen molar-refractivity contribution in [1.82, 2.24) is 0 Å². The van der Waals surface area contributed by atoms with E-state index >= 15 is 0 Å². The van der Waals surface area contributed by atoms with Gasteiger partial charge in [0.1, 0.15) is 0 Å². The van der Waals surface area contributed by atoms with Gasteiger partial charge < -0.3 is 14.6 Å². The molecule has 0 aromatic rings. The van der Waals surface area contributed by atoms with Gasteiger partial charge in [-0.15, -0.1) is 6.58 Å². The first-order valence-corrected chi connectivity index (χ1v) is 5.23. The van der Waals surface area contributed by atoms with E-state index in [1.807, 2.05) is 6.08 Å². The van der Waals surface area contributed by atoms with E-state index in [9.17, 15) is 5.11 Å². The molecule has 1 rings (SSSR count). The number of allylic oxidation sites excluding steroid dienone is 1. The van der Waals surface area contributed by atoms with E-state index in [-0.39, 0.29) is 18.5 Å². The van der Waals surface area contributed by atoms with Gasteiger partial charge in [-0.3, -0.25) is 0 Å². The van der Waals surface area contributed by atoms with Gasteiger partial charge in [-0.25, -0.2) is 0 Å². The largest absolute Gasteiger partial charge is 0.393 e. The van der Waals surface area contributed by atoms with E-state index < -0.39 is 0 Å². The third-order valence-electron chi connectivity index (χ3n) is 2.54. The van der Waals surface area contributed by atoms with Crippen molar-refractivity contribution in [2.75, 3.05) is 7.11 Å². The van der Waals surface area contributed by atoms with Crippen LogP contribution in [0.2, 0.25) is 0 Å². The number of hydrogen-bond donors (Lipinski definition) is 1. The number of methoxy groups -OCH3 is 1. The van der Waals surface area contributed by atoms with Crippen LogP contribution in [-0.4, -0.2) is 30.7 Å². The number of ether oxygens (including phenoxy) is 2. The van der Waals surface area contributed by atoms with Gasteiger partial charge in [0.15, 0.2) is 6.29 Å². The molecule has 3 heteroatoms. The fourth-order valence-electron chi connectivity index (χ4n) is 1.78. The summed E-state index contributed by atoms with van der Waals surface area (Å²) in [7, 11) is 1.61. The average molecular weight is 200 g/mol. The van der Waals surface area contributed by atoms with E-state index in [0.29, 0.717) is 6.42 Å². The predicted octanol–water partition coefficient (Wildman–Crippen LogP) is 1.86. The quantitative estimate of drug-likeness (QED) is 0.544. The van der Waals surface area contributed by atoms with E-state index in [1.54, 1.807) is 7.11 Å². The Morgan fingerprint density at radius 2 is 2.36 bits per heavy atom. The number of rotatable bonds is 5. The third kappa shape index (κ3) is 3.78. The maximum atomic E-state index is 9.56. The standard InChI is InChI=1S/C11H20O3/c1-3-4-5-6-10-7-9(12)8-11(13-2)14-10/h3,9-12H,1,4-8H2,2H3/t9-,10-,11-/m1/s1. The fourth-order valence-corrected chi connectivity index (χ4v) is 1.78. The maximum Gasteiger partial charge on any atom is 0.160 e. The Kier molecular flexibility index (Phi) is 5.15. The highest BCUT2D eigenvalue weighted by molar-refractivity contribution is 4.75. The SMILES string of the molecule is C=CCCC[C@@H]1C[C@@H](O)C[C@H](OC)O1. The minimum Gasteiger partial charge on any atom is -0.393 e. The van der Waals surface area contributed by atoms with Crippen LogP contribution >= 0.6 is 0 Å². The smallest absolute Gasteiger partial charge is 0.160 e. The molecule has 0 spiro atoms. The number of hydrogen-bond acceptors (Lipinski definition) is 3. The predicted molar refractivity (Wildman–Crippen MR) is 55.0 cm³/mol. The maximum absolute atomic E-state index is 9.56. The van der Waals surface area contributed by atoms with Crippen molar-refractivity contribution in [2.24, 2.45) is 0 Å². The minimum absolute atomic E-state index is 0.142. The first kappa shape index (κ1) is 11.7. The summed E-state index contributed by atoms with van der Waals surface area (Å²) in [5.41, 5.74) is 0. The number of unbranched alkanes of at least 4 members (excludes halogenated alkanes) is 1. The minimum atomic E-state index is -0.276. The van der Waals surface area contributed by atoms with Crippen molar-refractivity contribution in [3.8, 4) is 0 Å². The molecule has 3 atom stereocenters. The molecule has 1 saturated heterocycles. The molecule has 0 unspecified atom stereocenters. The molecule has 0 bridgehead atoms. The van der Waals surface area contributed by atoms with Crippen molar-refractivity contribution >= 4 is 0 Å². The Morgan fingerprint density at radius 3 is 3.00 bits per heavy atom. The molecule has 14 heavy (non-hydrogen) atoms. The first-order valence-electron chi connectivity index (χ1n) is 5.23. The molecule has 3 nitrogen and oxygen atoms in total. The molecule has 1 fully saturated rings. The molecule has 0 aromatic heterocycles. The number of aliphatic hydroxyl groups excluding tert-OH is 1. The van der Waals surface area contributed by atoms with Gasteiger partial charge in [0.2, 0.25) is 0 Å². The summed E-state index contributed by atoms with van der Waals surface area (Å²) in [6.07, 6.45) is 5.92. The highest BCUT2D eigenvalue weighted by Gasteiger charge is 2.27. The van der Waals surface area contributed by atoms with E-state index in [0.717, 1.165) is 25.7 Å². The third-order valence-corrected chi connectivity index (χ3v) is 2.54. The highest BCUT2D eigenvalue weighted by atomic mass is 16.7. The summed E-state index contributed by atoms with van der Waals surface area (Å²) in [5.74, 6) is 0. The van der Waals surface area contributed by atoms with Crippen molar-refractivity contribution in [3.63, 3.8) is 0 Å². The van der Waals surface area contributed by atoms with Crippen LogP contribution in [-0.2, 0) is 9.47 Å². The molecular weight excluding hydrogens is 180 g/mol. The van der Waals surface area contributed by atoms with Crippen molar-refractivity contribution < 1.29 is 14.6 Å². The molecule has 1 N–H and O–H groups in total. The summed E-state index contributed by atoms with van der Waals surface area (Å²) in [6.45, 7) is 3.67. The lowest BCUT2D eigenvalue weighted by atomic mass is 10.0. The van der Waals surface area contributed by atoms with Gasteiger partial charge in [-0.2, -0.15) is 0 Å². The van der Waals surface area contributed by atoms with Crippen molar-refractivity contribution in [1.29, 1.82) is 0 Å². The Hall–Kier alpha value is -0.380. The molecule has 0 aromatic carbocycles. The molecular formula is C11H20O3. The average Bonchev–Trinajstić information content (AvgIpc) is 2.17. The molecule has 0 aliphatic carbocycles. The lowest BCUT2D eigenvalue weighted by Gasteiger charge is -2.32. The van der Waals surface area contributed by atoms with Gasteiger partial charge in [-0.05, 0) is 25.7 Å². The number of aliphatic hydroxyl groups is 1. The molecule has 0 radical (unpaired) electrons. The van der Waals surface area contributed by atoms with Crippen molar-refractivity contribution in [2.45, 2.75) is 50.6 Å². The van der Waals surface area contributed by atoms with Crippen LogP contribution in [0.4, 0.5) is 0 Å². The lowest BCUT2D eigenvalue weighted by molar-refractivity contribution is -0.204. The Labute approximate surface area is 85.7 Å². The highest BCUT2D eigenvalue weighted by Crippen LogP contribution is 2.23. The Morgan fingerprint density at radius 1 is 1.57 bits per heavy atom. The van der Waals surface area contributed by atoms with Crippen LogP contribution in [0.15, 0.2) is 12.7 Å². The molecule has 1 aliphatic rings. The zero-order valence-electron chi connectivity index (χ0n) is 8.82. The van der Waals surface area contributed by atoms with Crippen LogP contribution in [0, 0.1) is 0 Å². The van der Waals surface area contributed by atoms with Gasteiger partial charge in [0, 0.05) is 13.5 Å². The van der Waals surface area contributed by atoms with E-state index in [2.05, 4.69) is 6.58 Å². The molecule has 1 heterocycles. The normalized spacial score (nSPS) is 32.9. The van der Waals surface area contributed by atoms with Gasteiger partial charge >= 0.3 is 0 Å². The van der Waals surface area contributed by atoms with Gasteiger partial charge in [-0.1, -0.05) is 6.08 Å². The molecule has 1 aliphatic heterocycles. The summed E-state index contributed by atoms with van der Waals surface area (Å²) < 4.78 is 10.7. The van der Waals surface area contributed by atoms with Gasteiger partial charge in [0.25, 0.3) is 0 Å². The molecule has 82 valence electrons. The van der Waals surface area contributed by atoms with Crippen LogP contribution < -0.4 is 0 Å². The summed E-state index contributed by atoms with van der Waals surface area (Å²) >= 11 is 0. The summed E-state index contributed by atoms with van der Waals surface area (Å²) in [5, 5.41) is 9.56. The Bertz CT molecular complexity index is 170. The second-order valence-corrected chi connectivity index (χ2v) is 3.77. The van der Waals surface area contributed by atoms with Crippen molar-refractivity contribution in [3.05, 3.63) is 12.7 Å². The second-order valence-electron chi connectivity index (χ2n) is 3.77. The fraction of sp³-hybridized carbons (Fsp3) is 0.818. The van der Waals surface area contributed by atoms with Gasteiger partial charge in [0.05, 0.1) is 12.2 Å². The van der Waals surface area contributed by atoms with Crippen LogP contribution in [0.3, 0.4) is 0 Å². The lowest BCUT2D eigenvalue weighted by Crippen LogP contribution is -2.36. The van der Waals surface area contributed by atoms with E-state index in [4.69, 9.17) is 9.47 Å². The molecule has 0 amide bonds. The Balaban J connectivity index is 2.26. The summed E-state index contributed by atoms with van der Waals surface area (Å²) in [4.78, 5) is 0. The zero-order valence-corrected chi connectivity index (χ0v) is 8.82. The zero-order chi connectivity index (χ0) is 10.4. The monoisotopic (exact) mass is 200 g/mol. The van der Waals surface area contributed by atoms with E-state index in [1.165, 1.54) is 0 Å². The molecule has 0 saturated carbocycles. The second kappa shape index (κ2) is 6.17.